The predicted octanol–water partition coefficient (Wildman–Crippen LogP) is 3.56. The summed E-state index contributed by atoms with van der Waals surface area (Å²) in [6.45, 7) is 8.58. The molecule has 0 spiro atoms. The van der Waals surface area contributed by atoms with E-state index in [2.05, 4.69) is 41.1 Å². The van der Waals surface area contributed by atoms with Crippen LogP contribution in [0.15, 0.2) is 41.1 Å². The minimum atomic E-state index is -0.268. The van der Waals surface area contributed by atoms with Crippen molar-refractivity contribution in [3.8, 4) is 17.0 Å². The third-order valence-corrected chi connectivity index (χ3v) is 4.81. The number of aromatic nitrogens is 3. The molecular formula is C20H24N4O2. The third-order valence-electron chi connectivity index (χ3n) is 4.81. The van der Waals surface area contributed by atoms with Crippen molar-refractivity contribution in [3.05, 3.63) is 53.5 Å². The number of hydrogen-bond acceptors (Lipinski definition) is 5. The molecule has 0 bridgehead atoms. The van der Waals surface area contributed by atoms with Gasteiger partial charge >= 0.3 is 0 Å². The van der Waals surface area contributed by atoms with E-state index in [4.69, 9.17) is 9.26 Å². The third kappa shape index (κ3) is 3.24. The van der Waals surface area contributed by atoms with Gasteiger partial charge in [-0.15, -0.1) is 0 Å². The van der Waals surface area contributed by atoms with E-state index in [1.807, 2.05) is 43.0 Å². The van der Waals surface area contributed by atoms with Gasteiger partial charge in [0.2, 0.25) is 0 Å². The number of nitrogens with zero attached hydrogens (tertiary/aromatic N) is 4. The van der Waals surface area contributed by atoms with E-state index in [9.17, 15) is 0 Å². The van der Waals surface area contributed by atoms with Gasteiger partial charge in [0, 0.05) is 43.0 Å². The average Bonchev–Trinajstić information content (AvgIpc) is 3.12. The Hall–Kier alpha value is -2.60. The molecule has 0 atom stereocenters. The molecule has 6 heteroatoms. The van der Waals surface area contributed by atoms with Gasteiger partial charge in [-0.25, -0.2) is 0 Å². The summed E-state index contributed by atoms with van der Waals surface area (Å²) in [7, 11) is 1.93. The smallest absolute Gasteiger partial charge is 0.151 e. The monoisotopic (exact) mass is 352 g/mol. The first-order chi connectivity index (χ1) is 12.4. The van der Waals surface area contributed by atoms with E-state index in [1.165, 1.54) is 5.56 Å². The topological polar surface area (TPSA) is 56.3 Å². The second kappa shape index (κ2) is 6.29. The Bertz CT molecular complexity index is 926. The van der Waals surface area contributed by atoms with Crippen LogP contribution >= 0.6 is 0 Å². The number of fused-ring (bicyclic) bond motifs is 1. The predicted molar refractivity (Wildman–Crippen MR) is 98.7 cm³/mol. The minimum Gasteiger partial charge on any atom is -0.486 e. The van der Waals surface area contributed by atoms with Crippen LogP contribution in [0.5, 0.6) is 5.75 Å². The lowest BCUT2D eigenvalue weighted by atomic mass is 10.1. The number of ether oxygens (including phenoxy) is 1. The number of hydrogen-bond donors (Lipinski definition) is 0. The summed E-state index contributed by atoms with van der Waals surface area (Å²) in [5.74, 6) is 1.81. The fraction of sp³-hybridized carbons (Fsp3) is 0.400. The molecular weight excluding hydrogens is 328 g/mol. The van der Waals surface area contributed by atoms with Crippen LogP contribution in [0.1, 0.15) is 30.9 Å². The van der Waals surface area contributed by atoms with Crippen molar-refractivity contribution in [1.82, 2.24) is 19.8 Å². The van der Waals surface area contributed by atoms with Gasteiger partial charge in [-0.05, 0) is 26.8 Å². The zero-order valence-corrected chi connectivity index (χ0v) is 15.7. The lowest BCUT2D eigenvalue weighted by molar-refractivity contribution is 0.0648. The Morgan fingerprint density at radius 3 is 2.81 bits per heavy atom. The van der Waals surface area contributed by atoms with Crippen LogP contribution in [-0.2, 0) is 20.1 Å². The first kappa shape index (κ1) is 16.8. The first-order valence-corrected chi connectivity index (χ1v) is 8.85. The van der Waals surface area contributed by atoms with E-state index in [1.54, 1.807) is 0 Å². The van der Waals surface area contributed by atoms with Crippen LogP contribution < -0.4 is 4.74 Å². The van der Waals surface area contributed by atoms with Crippen molar-refractivity contribution in [2.75, 3.05) is 6.54 Å². The lowest BCUT2D eigenvalue weighted by Gasteiger charge is -2.28. The van der Waals surface area contributed by atoms with Gasteiger partial charge in [0.1, 0.15) is 17.0 Å². The molecule has 0 saturated carbocycles. The highest BCUT2D eigenvalue weighted by molar-refractivity contribution is 5.60. The molecule has 136 valence electrons. The van der Waals surface area contributed by atoms with Gasteiger partial charge in [-0.3, -0.25) is 9.58 Å². The van der Waals surface area contributed by atoms with E-state index < -0.39 is 0 Å². The molecule has 0 fully saturated rings. The molecule has 0 aliphatic carbocycles. The maximum Gasteiger partial charge on any atom is 0.151 e. The largest absolute Gasteiger partial charge is 0.486 e. The van der Waals surface area contributed by atoms with Crippen LogP contribution in [-0.4, -0.2) is 32.0 Å². The standard InChI is InChI=1S/C20H24N4O2/c1-14-17(10-21-23(14)4)18-9-16(26-22-18)12-24-11-15-7-5-6-8-19(15)25-20(2,3)13-24/h5-10H,11-13H2,1-4H3. The van der Waals surface area contributed by atoms with Crippen LogP contribution in [0, 0.1) is 6.92 Å². The maximum absolute atomic E-state index is 6.21. The summed E-state index contributed by atoms with van der Waals surface area (Å²) in [6.07, 6.45) is 1.83. The molecule has 1 aliphatic heterocycles. The van der Waals surface area contributed by atoms with Crippen LogP contribution in [0.4, 0.5) is 0 Å². The molecule has 0 N–H and O–H groups in total. The van der Waals surface area contributed by atoms with Crippen LogP contribution in [0.25, 0.3) is 11.3 Å². The Morgan fingerprint density at radius 1 is 1.23 bits per heavy atom. The fourth-order valence-electron chi connectivity index (χ4n) is 3.50. The molecule has 6 nitrogen and oxygen atoms in total. The summed E-state index contributed by atoms with van der Waals surface area (Å²) >= 11 is 0. The quantitative estimate of drug-likeness (QED) is 0.721. The van der Waals surface area contributed by atoms with Gasteiger partial charge < -0.3 is 9.26 Å². The Morgan fingerprint density at radius 2 is 2.04 bits per heavy atom. The lowest BCUT2D eigenvalue weighted by Crippen LogP contribution is -2.40. The van der Waals surface area contributed by atoms with E-state index in [0.29, 0.717) is 6.54 Å². The first-order valence-electron chi connectivity index (χ1n) is 8.85. The van der Waals surface area contributed by atoms with E-state index in [-0.39, 0.29) is 5.60 Å². The van der Waals surface area contributed by atoms with Crippen molar-refractivity contribution in [1.29, 1.82) is 0 Å². The highest BCUT2D eigenvalue weighted by Gasteiger charge is 2.29. The van der Waals surface area contributed by atoms with Gasteiger partial charge in [-0.2, -0.15) is 5.10 Å². The van der Waals surface area contributed by atoms with Crippen molar-refractivity contribution in [2.45, 2.75) is 39.5 Å². The molecule has 1 aliphatic rings. The number of para-hydroxylation sites is 1. The molecule has 2 aromatic heterocycles. The maximum atomic E-state index is 6.21. The SMILES string of the molecule is Cc1c(-c2cc(CN3Cc4ccccc4OC(C)(C)C3)on2)cnn1C. The Kier molecular flexibility index (Phi) is 4.07. The van der Waals surface area contributed by atoms with E-state index >= 15 is 0 Å². The Labute approximate surface area is 153 Å². The Balaban J connectivity index is 1.56. The van der Waals surface area contributed by atoms with Gasteiger partial charge in [-0.1, -0.05) is 23.4 Å². The van der Waals surface area contributed by atoms with Gasteiger partial charge in [0.25, 0.3) is 0 Å². The molecule has 26 heavy (non-hydrogen) atoms. The van der Waals surface area contributed by atoms with Crippen molar-refractivity contribution < 1.29 is 9.26 Å². The summed E-state index contributed by atoms with van der Waals surface area (Å²) in [6, 6.07) is 10.2. The summed E-state index contributed by atoms with van der Waals surface area (Å²) < 4.78 is 13.7. The highest BCUT2D eigenvalue weighted by Crippen LogP contribution is 2.30. The van der Waals surface area contributed by atoms with Crippen molar-refractivity contribution in [2.24, 2.45) is 7.05 Å². The van der Waals surface area contributed by atoms with Gasteiger partial charge in [0.05, 0.1) is 12.7 Å². The van der Waals surface area contributed by atoms with Gasteiger partial charge in [0.15, 0.2) is 5.76 Å². The highest BCUT2D eigenvalue weighted by atomic mass is 16.5. The van der Waals surface area contributed by atoms with E-state index in [0.717, 1.165) is 41.6 Å². The number of benzene rings is 1. The van der Waals surface area contributed by atoms with Crippen molar-refractivity contribution >= 4 is 0 Å². The fourth-order valence-corrected chi connectivity index (χ4v) is 3.50. The minimum absolute atomic E-state index is 0.268. The normalized spacial score (nSPS) is 16.8. The van der Waals surface area contributed by atoms with Crippen LogP contribution in [0.2, 0.25) is 0 Å². The zero-order chi connectivity index (χ0) is 18.3. The second-order valence-corrected chi connectivity index (χ2v) is 7.56. The molecule has 3 heterocycles. The summed E-state index contributed by atoms with van der Waals surface area (Å²) in [5.41, 5.74) is 3.84. The number of rotatable bonds is 3. The van der Waals surface area contributed by atoms with Crippen LogP contribution in [0.3, 0.4) is 0 Å². The average molecular weight is 352 g/mol. The zero-order valence-electron chi connectivity index (χ0n) is 15.7. The molecule has 0 saturated heterocycles. The molecule has 0 amide bonds. The second-order valence-electron chi connectivity index (χ2n) is 7.56. The molecule has 4 rings (SSSR count). The number of aryl methyl sites for hydroxylation is 1. The summed E-state index contributed by atoms with van der Waals surface area (Å²) in [5, 5.41) is 8.53. The molecule has 0 unspecified atom stereocenters. The summed E-state index contributed by atoms with van der Waals surface area (Å²) in [4.78, 5) is 2.34. The van der Waals surface area contributed by atoms with Crippen molar-refractivity contribution in [3.63, 3.8) is 0 Å². The molecule has 1 aromatic carbocycles. The molecule has 3 aromatic rings. The molecule has 0 radical (unpaired) electrons.